The molecule has 0 spiro atoms. The van der Waals surface area contributed by atoms with E-state index in [9.17, 15) is 0 Å². The Bertz CT molecular complexity index is 470. The predicted molar refractivity (Wildman–Crippen MR) is 75.1 cm³/mol. The number of rotatable bonds is 7. The van der Waals surface area contributed by atoms with E-state index in [4.69, 9.17) is 16.1 Å². The van der Waals surface area contributed by atoms with Gasteiger partial charge in [0.05, 0.1) is 0 Å². The van der Waals surface area contributed by atoms with Gasteiger partial charge in [-0.2, -0.15) is 4.98 Å². The topological polar surface area (TPSA) is 51.0 Å². The zero-order valence-electron chi connectivity index (χ0n) is 11.0. The highest BCUT2D eigenvalue weighted by Gasteiger charge is 2.10. The minimum atomic E-state index is 0.338. The van der Waals surface area contributed by atoms with Crippen LogP contribution >= 0.6 is 11.6 Å². The molecule has 1 heterocycles. The van der Waals surface area contributed by atoms with Crippen LogP contribution in [0.3, 0.4) is 0 Å². The Labute approximate surface area is 118 Å². The lowest BCUT2D eigenvalue weighted by atomic mass is 10.0. The van der Waals surface area contributed by atoms with Crippen molar-refractivity contribution >= 4 is 11.6 Å². The second-order valence-electron chi connectivity index (χ2n) is 4.43. The minimum Gasteiger partial charge on any atom is -0.340 e. The maximum Gasteiger partial charge on any atom is 0.227 e. The summed E-state index contributed by atoms with van der Waals surface area (Å²) in [5.41, 5.74) is 1.26. The van der Waals surface area contributed by atoms with Crippen LogP contribution in [0.4, 0.5) is 0 Å². The molecule has 102 valence electrons. The van der Waals surface area contributed by atoms with Gasteiger partial charge in [0.2, 0.25) is 5.89 Å². The van der Waals surface area contributed by atoms with Gasteiger partial charge in [-0.1, -0.05) is 42.2 Å². The molecule has 0 bridgehead atoms. The quantitative estimate of drug-likeness (QED) is 0.844. The van der Waals surface area contributed by atoms with Gasteiger partial charge in [-0.25, -0.2) is 0 Å². The van der Waals surface area contributed by atoms with Crippen molar-refractivity contribution in [3.05, 3.63) is 47.1 Å². The van der Waals surface area contributed by atoms with Crippen molar-refractivity contribution < 1.29 is 4.52 Å². The summed E-state index contributed by atoms with van der Waals surface area (Å²) in [6, 6.07) is 8.34. The summed E-state index contributed by atoms with van der Waals surface area (Å²) in [7, 11) is 0. The molecule has 1 atom stereocenters. The van der Waals surface area contributed by atoms with Crippen LogP contribution in [0.5, 0.6) is 0 Å². The van der Waals surface area contributed by atoms with Crippen LogP contribution in [0.15, 0.2) is 35.1 Å². The second kappa shape index (κ2) is 7.26. The van der Waals surface area contributed by atoms with Crippen LogP contribution in [-0.2, 0) is 6.42 Å². The normalized spacial score (nSPS) is 12.5. The van der Waals surface area contributed by atoms with Gasteiger partial charge in [0, 0.05) is 24.0 Å². The summed E-state index contributed by atoms with van der Waals surface area (Å²) in [6.07, 6.45) is 4.39. The van der Waals surface area contributed by atoms with Gasteiger partial charge in [0.15, 0.2) is 6.33 Å². The van der Waals surface area contributed by atoms with Crippen molar-refractivity contribution in [2.24, 2.45) is 0 Å². The first kappa shape index (κ1) is 14.0. The third-order valence-corrected chi connectivity index (χ3v) is 3.24. The second-order valence-corrected chi connectivity index (χ2v) is 4.87. The molecule has 0 radical (unpaired) electrons. The third-order valence-electron chi connectivity index (χ3n) is 2.99. The number of hydrogen-bond donors (Lipinski definition) is 1. The molecule has 0 saturated heterocycles. The van der Waals surface area contributed by atoms with Crippen molar-refractivity contribution in [3.8, 4) is 0 Å². The average molecular weight is 280 g/mol. The lowest BCUT2D eigenvalue weighted by Crippen LogP contribution is -2.23. The molecule has 5 heteroatoms. The van der Waals surface area contributed by atoms with Crippen molar-refractivity contribution in [1.82, 2.24) is 15.5 Å². The molecule has 0 fully saturated rings. The molecule has 0 aliphatic rings. The highest BCUT2D eigenvalue weighted by molar-refractivity contribution is 6.30. The van der Waals surface area contributed by atoms with Crippen LogP contribution in [0.2, 0.25) is 5.02 Å². The molecular formula is C14H18ClN3O. The maximum absolute atomic E-state index is 5.92. The van der Waals surface area contributed by atoms with E-state index < -0.39 is 0 Å². The molecule has 0 aliphatic carbocycles. The van der Waals surface area contributed by atoms with E-state index in [1.165, 1.54) is 11.9 Å². The highest BCUT2D eigenvalue weighted by atomic mass is 35.5. The molecule has 19 heavy (non-hydrogen) atoms. The Morgan fingerprint density at radius 1 is 1.32 bits per heavy atom. The lowest BCUT2D eigenvalue weighted by molar-refractivity contribution is 0.370. The van der Waals surface area contributed by atoms with Crippen molar-refractivity contribution in [2.75, 3.05) is 6.54 Å². The molecule has 4 nitrogen and oxygen atoms in total. The molecule has 1 aromatic heterocycles. The molecule has 0 amide bonds. The van der Waals surface area contributed by atoms with E-state index in [0.717, 1.165) is 30.8 Å². The van der Waals surface area contributed by atoms with Gasteiger partial charge in [-0.3, -0.25) is 0 Å². The molecule has 1 unspecified atom stereocenters. The van der Waals surface area contributed by atoms with E-state index in [1.54, 1.807) is 0 Å². The minimum absolute atomic E-state index is 0.338. The van der Waals surface area contributed by atoms with E-state index >= 15 is 0 Å². The fourth-order valence-electron chi connectivity index (χ4n) is 2.03. The van der Waals surface area contributed by atoms with E-state index in [2.05, 4.69) is 34.5 Å². The van der Waals surface area contributed by atoms with Gasteiger partial charge < -0.3 is 9.84 Å². The fraction of sp³-hybridized carbons (Fsp3) is 0.429. The summed E-state index contributed by atoms with van der Waals surface area (Å²) in [5, 5.41) is 7.89. The SMILES string of the molecule is CCCC(NCCc1ncno1)c1ccc(Cl)cc1. The molecule has 1 aromatic carbocycles. The average Bonchev–Trinajstić information content (AvgIpc) is 2.92. The molecule has 0 saturated carbocycles. The van der Waals surface area contributed by atoms with Gasteiger partial charge in [0.1, 0.15) is 0 Å². The van der Waals surface area contributed by atoms with Crippen LogP contribution in [0.25, 0.3) is 0 Å². The zero-order chi connectivity index (χ0) is 13.5. The zero-order valence-corrected chi connectivity index (χ0v) is 11.7. The van der Waals surface area contributed by atoms with E-state index in [-0.39, 0.29) is 0 Å². The third kappa shape index (κ3) is 4.33. The summed E-state index contributed by atoms with van der Waals surface area (Å²) in [6.45, 7) is 3.00. The fourth-order valence-corrected chi connectivity index (χ4v) is 2.16. The van der Waals surface area contributed by atoms with Crippen LogP contribution < -0.4 is 5.32 Å². The smallest absolute Gasteiger partial charge is 0.227 e. The maximum atomic E-state index is 5.92. The number of halogens is 1. The summed E-state index contributed by atoms with van der Waals surface area (Å²) < 4.78 is 4.98. The first-order valence-electron chi connectivity index (χ1n) is 6.54. The molecule has 2 aromatic rings. The number of benzene rings is 1. The number of nitrogens with one attached hydrogen (secondary N) is 1. The standard InChI is InChI=1S/C14H18ClN3O/c1-2-3-13(11-4-6-12(15)7-5-11)16-9-8-14-17-10-18-19-14/h4-7,10,13,16H,2-3,8-9H2,1H3. The number of nitrogens with zero attached hydrogens (tertiary/aromatic N) is 2. The molecular weight excluding hydrogens is 262 g/mol. The van der Waals surface area contributed by atoms with Gasteiger partial charge in [-0.15, -0.1) is 0 Å². The Hall–Kier alpha value is -1.39. The van der Waals surface area contributed by atoms with Crippen molar-refractivity contribution in [2.45, 2.75) is 32.2 Å². The molecule has 1 N–H and O–H groups in total. The van der Waals surface area contributed by atoms with Crippen LogP contribution in [0, 0.1) is 0 Å². The number of hydrogen-bond acceptors (Lipinski definition) is 4. The van der Waals surface area contributed by atoms with E-state index in [1.807, 2.05) is 12.1 Å². The van der Waals surface area contributed by atoms with Crippen LogP contribution in [0.1, 0.15) is 37.3 Å². The Morgan fingerprint density at radius 3 is 2.74 bits per heavy atom. The molecule has 2 rings (SSSR count). The largest absolute Gasteiger partial charge is 0.340 e. The highest BCUT2D eigenvalue weighted by Crippen LogP contribution is 2.20. The Morgan fingerprint density at radius 2 is 2.11 bits per heavy atom. The first-order valence-corrected chi connectivity index (χ1v) is 6.91. The van der Waals surface area contributed by atoms with E-state index in [0.29, 0.717) is 11.9 Å². The lowest BCUT2D eigenvalue weighted by Gasteiger charge is -2.18. The van der Waals surface area contributed by atoms with Gasteiger partial charge in [0.25, 0.3) is 0 Å². The number of aromatic nitrogens is 2. The first-order chi connectivity index (χ1) is 9.29. The predicted octanol–water partition coefficient (Wildman–Crippen LogP) is 3.40. The van der Waals surface area contributed by atoms with Crippen LogP contribution in [-0.4, -0.2) is 16.7 Å². The Kier molecular flexibility index (Phi) is 5.36. The summed E-state index contributed by atoms with van der Waals surface area (Å²) >= 11 is 5.92. The van der Waals surface area contributed by atoms with Gasteiger partial charge >= 0.3 is 0 Å². The molecule has 0 aliphatic heterocycles. The summed E-state index contributed by atoms with van der Waals surface area (Å²) in [4.78, 5) is 4.01. The van der Waals surface area contributed by atoms with Crippen molar-refractivity contribution in [1.29, 1.82) is 0 Å². The van der Waals surface area contributed by atoms with Gasteiger partial charge in [-0.05, 0) is 24.1 Å². The summed E-state index contributed by atoms with van der Waals surface area (Å²) in [5.74, 6) is 0.666. The monoisotopic (exact) mass is 279 g/mol. The van der Waals surface area contributed by atoms with Crippen molar-refractivity contribution in [3.63, 3.8) is 0 Å². The Balaban J connectivity index is 1.90.